The maximum atomic E-state index is 5.39. The van der Waals surface area contributed by atoms with Crippen LogP contribution in [0.2, 0.25) is 0 Å². The van der Waals surface area contributed by atoms with Crippen LogP contribution in [0.1, 0.15) is 35.6 Å². The van der Waals surface area contributed by atoms with E-state index in [2.05, 4.69) is 18.3 Å². The van der Waals surface area contributed by atoms with Gasteiger partial charge in [0.1, 0.15) is 0 Å². The van der Waals surface area contributed by atoms with Crippen molar-refractivity contribution in [2.75, 3.05) is 13.2 Å². The van der Waals surface area contributed by atoms with E-state index in [0.29, 0.717) is 6.04 Å². The zero-order valence-corrected chi connectivity index (χ0v) is 11.0. The number of thiophene rings is 1. The minimum atomic E-state index is 0.442. The topological polar surface area (TPSA) is 21.3 Å². The number of hydrogen-bond donors (Lipinski definition) is 1. The van der Waals surface area contributed by atoms with Gasteiger partial charge >= 0.3 is 0 Å². The van der Waals surface area contributed by atoms with Crippen LogP contribution in [0.3, 0.4) is 0 Å². The van der Waals surface area contributed by atoms with Crippen molar-refractivity contribution in [2.24, 2.45) is 0 Å². The molecule has 1 unspecified atom stereocenters. The molecule has 1 atom stereocenters. The fourth-order valence-corrected chi connectivity index (χ4v) is 3.32. The van der Waals surface area contributed by atoms with Gasteiger partial charge in [-0.2, -0.15) is 0 Å². The first-order chi connectivity index (χ1) is 7.79. The molecule has 16 heavy (non-hydrogen) atoms. The predicted molar refractivity (Wildman–Crippen MR) is 69.1 cm³/mol. The summed E-state index contributed by atoms with van der Waals surface area (Å²) in [6.45, 7) is 6.82. The molecule has 0 spiro atoms. The van der Waals surface area contributed by atoms with E-state index in [1.165, 1.54) is 24.1 Å². The number of nitrogens with one attached hydrogen (secondary N) is 1. The van der Waals surface area contributed by atoms with Crippen LogP contribution < -0.4 is 5.32 Å². The van der Waals surface area contributed by atoms with E-state index >= 15 is 0 Å². The third-order valence-electron chi connectivity index (χ3n) is 2.99. The van der Waals surface area contributed by atoms with Crippen molar-refractivity contribution in [3.05, 3.63) is 21.4 Å². The molecule has 1 heterocycles. The van der Waals surface area contributed by atoms with Crippen LogP contribution in [-0.4, -0.2) is 19.3 Å². The highest BCUT2D eigenvalue weighted by atomic mass is 32.1. The zero-order valence-electron chi connectivity index (χ0n) is 10.2. The van der Waals surface area contributed by atoms with Gasteiger partial charge in [-0.15, -0.1) is 11.3 Å². The lowest BCUT2D eigenvalue weighted by Crippen LogP contribution is -2.29. The van der Waals surface area contributed by atoms with Crippen LogP contribution in [0.5, 0.6) is 0 Å². The summed E-state index contributed by atoms with van der Waals surface area (Å²) in [5.41, 5.74) is 1.60. The van der Waals surface area contributed by atoms with Gasteiger partial charge in [0.25, 0.3) is 0 Å². The molecule has 90 valence electrons. The van der Waals surface area contributed by atoms with Gasteiger partial charge in [0, 0.05) is 28.9 Å². The maximum Gasteiger partial charge on any atom is 0.0616 e. The van der Waals surface area contributed by atoms with E-state index in [-0.39, 0.29) is 0 Å². The molecule has 0 bridgehead atoms. The average Bonchev–Trinajstić information content (AvgIpc) is 2.83. The Morgan fingerprint density at radius 1 is 1.50 bits per heavy atom. The summed E-state index contributed by atoms with van der Waals surface area (Å²) in [6, 6.07) is 2.82. The zero-order chi connectivity index (χ0) is 11.4. The highest BCUT2D eigenvalue weighted by Crippen LogP contribution is 2.30. The third kappa shape index (κ3) is 3.06. The van der Waals surface area contributed by atoms with Gasteiger partial charge in [0.15, 0.2) is 0 Å². The van der Waals surface area contributed by atoms with Crippen molar-refractivity contribution in [3.63, 3.8) is 0 Å². The fraction of sp³-hybridized carbons (Fsp3) is 0.692. The second-order valence-electron chi connectivity index (χ2n) is 4.46. The molecule has 1 aromatic rings. The summed E-state index contributed by atoms with van der Waals surface area (Å²) in [5, 5.41) is 3.51. The molecule has 1 aromatic heterocycles. The Labute approximate surface area is 102 Å². The third-order valence-corrected chi connectivity index (χ3v) is 4.23. The Morgan fingerprint density at radius 2 is 2.38 bits per heavy atom. The molecule has 0 saturated carbocycles. The van der Waals surface area contributed by atoms with E-state index in [0.717, 1.165) is 19.8 Å². The molecule has 0 fully saturated rings. The van der Waals surface area contributed by atoms with E-state index in [1.807, 2.05) is 18.3 Å². The lowest BCUT2D eigenvalue weighted by atomic mass is 10.2. The van der Waals surface area contributed by atoms with Crippen LogP contribution in [0.25, 0.3) is 0 Å². The van der Waals surface area contributed by atoms with E-state index in [4.69, 9.17) is 4.74 Å². The minimum Gasteiger partial charge on any atom is -0.380 e. The Morgan fingerprint density at radius 3 is 3.12 bits per heavy atom. The fourth-order valence-electron chi connectivity index (χ4n) is 2.11. The van der Waals surface area contributed by atoms with Gasteiger partial charge in [0.05, 0.1) is 6.61 Å². The molecule has 0 amide bonds. The van der Waals surface area contributed by atoms with E-state index in [9.17, 15) is 0 Å². The Hall–Kier alpha value is -0.380. The highest BCUT2D eigenvalue weighted by Gasteiger charge is 2.14. The number of ether oxygens (including phenoxy) is 1. The molecule has 0 saturated heterocycles. The number of aryl methyl sites for hydroxylation is 2. The van der Waals surface area contributed by atoms with Gasteiger partial charge in [0.2, 0.25) is 0 Å². The highest BCUT2D eigenvalue weighted by molar-refractivity contribution is 7.12. The van der Waals surface area contributed by atoms with Gasteiger partial charge in [-0.25, -0.2) is 0 Å². The van der Waals surface area contributed by atoms with Crippen molar-refractivity contribution in [1.29, 1.82) is 0 Å². The first kappa shape index (κ1) is 12.1. The van der Waals surface area contributed by atoms with Crippen LogP contribution in [0.15, 0.2) is 6.07 Å². The second-order valence-corrected chi connectivity index (χ2v) is 5.68. The summed E-state index contributed by atoms with van der Waals surface area (Å²) in [5.74, 6) is 0. The molecule has 3 heteroatoms. The molecule has 0 aromatic carbocycles. The van der Waals surface area contributed by atoms with Gasteiger partial charge in [-0.3, -0.25) is 0 Å². The summed E-state index contributed by atoms with van der Waals surface area (Å²) in [6.07, 6.45) is 3.95. The summed E-state index contributed by atoms with van der Waals surface area (Å²) < 4.78 is 5.39. The number of rotatable bonds is 6. The van der Waals surface area contributed by atoms with Crippen molar-refractivity contribution >= 4 is 11.3 Å². The average molecular weight is 239 g/mol. The van der Waals surface area contributed by atoms with E-state index in [1.54, 1.807) is 10.4 Å². The molecule has 1 N–H and O–H groups in total. The van der Waals surface area contributed by atoms with Crippen LogP contribution in [0.4, 0.5) is 0 Å². The molecule has 1 aliphatic rings. The summed E-state index contributed by atoms with van der Waals surface area (Å²) >= 11 is 1.98. The lowest BCUT2D eigenvalue weighted by Gasteiger charge is -2.12. The Kier molecular flexibility index (Phi) is 4.38. The second kappa shape index (κ2) is 5.80. The van der Waals surface area contributed by atoms with Crippen molar-refractivity contribution in [3.8, 4) is 0 Å². The summed E-state index contributed by atoms with van der Waals surface area (Å²) in [4.78, 5) is 3.10. The van der Waals surface area contributed by atoms with Crippen LogP contribution >= 0.6 is 11.3 Å². The van der Waals surface area contributed by atoms with Gasteiger partial charge in [-0.1, -0.05) is 0 Å². The summed E-state index contributed by atoms with van der Waals surface area (Å²) in [7, 11) is 0. The first-order valence-corrected chi connectivity index (χ1v) is 7.03. The Balaban J connectivity index is 1.76. The van der Waals surface area contributed by atoms with Crippen LogP contribution in [-0.2, 0) is 24.1 Å². The van der Waals surface area contributed by atoms with Crippen molar-refractivity contribution < 1.29 is 4.74 Å². The largest absolute Gasteiger partial charge is 0.380 e. The molecule has 2 rings (SSSR count). The first-order valence-electron chi connectivity index (χ1n) is 6.21. The minimum absolute atomic E-state index is 0.442. The molecular weight excluding hydrogens is 218 g/mol. The monoisotopic (exact) mass is 239 g/mol. The predicted octanol–water partition coefficient (Wildman–Crippen LogP) is 2.75. The van der Waals surface area contributed by atoms with E-state index < -0.39 is 0 Å². The normalized spacial score (nSPS) is 16.4. The molecular formula is C13H21NOS. The number of hydrogen-bond acceptors (Lipinski definition) is 3. The number of fused-ring (bicyclic) bond motifs is 1. The SMILES string of the molecule is CCOCC(C)NCc1cc2c(s1)CCC2. The van der Waals surface area contributed by atoms with Crippen LogP contribution in [0, 0.1) is 0 Å². The van der Waals surface area contributed by atoms with Crippen molar-refractivity contribution in [2.45, 2.75) is 45.7 Å². The van der Waals surface area contributed by atoms with Crippen molar-refractivity contribution in [1.82, 2.24) is 5.32 Å². The quantitative estimate of drug-likeness (QED) is 0.824. The van der Waals surface area contributed by atoms with Gasteiger partial charge < -0.3 is 10.1 Å². The lowest BCUT2D eigenvalue weighted by molar-refractivity contribution is 0.127. The molecule has 0 radical (unpaired) electrons. The molecule has 2 nitrogen and oxygen atoms in total. The maximum absolute atomic E-state index is 5.39. The standard InChI is InChI=1S/C13H21NOS/c1-3-15-9-10(2)14-8-12-7-11-5-4-6-13(11)16-12/h7,10,14H,3-6,8-9H2,1-2H3. The molecule has 0 aliphatic heterocycles. The Bertz CT molecular complexity index is 313. The molecule has 1 aliphatic carbocycles. The van der Waals surface area contributed by atoms with Gasteiger partial charge in [-0.05, 0) is 44.7 Å². The smallest absolute Gasteiger partial charge is 0.0616 e.